The molecule has 1 heterocycles. The molecule has 0 bridgehead atoms. The van der Waals surface area contributed by atoms with Gasteiger partial charge in [0, 0.05) is 16.5 Å². The first kappa shape index (κ1) is 11.0. The Morgan fingerprint density at radius 2 is 1.88 bits per heavy atom. The lowest BCUT2D eigenvalue weighted by Gasteiger charge is -2.03. The number of rotatable bonds is 2. The lowest BCUT2D eigenvalue weighted by Crippen LogP contribution is -1.88. The Labute approximate surface area is 99.2 Å². The van der Waals surface area contributed by atoms with E-state index in [-0.39, 0.29) is 11.9 Å². The molecule has 0 amide bonds. The first-order valence-electron chi connectivity index (χ1n) is 5.10. The van der Waals surface area contributed by atoms with E-state index in [9.17, 15) is 0 Å². The maximum Gasteiger partial charge on any atom is 0.292 e. The van der Waals surface area contributed by atoms with Crippen molar-refractivity contribution in [2.24, 2.45) is 0 Å². The Morgan fingerprint density at radius 1 is 1.25 bits per heavy atom. The monoisotopic (exact) mass is 236 g/mol. The van der Waals surface area contributed by atoms with Gasteiger partial charge in [0.15, 0.2) is 0 Å². The Balaban J connectivity index is 2.50. The highest BCUT2D eigenvalue weighted by molar-refractivity contribution is 6.30. The summed E-state index contributed by atoms with van der Waals surface area (Å²) < 4.78 is 5.39. The van der Waals surface area contributed by atoms with Gasteiger partial charge in [0.2, 0.25) is 0 Å². The summed E-state index contributed by atoms with van der Waals surface area (Å²) in [7, 11) is 0. The van der Waals surface area contributed by atoms with Crippen molar-refractivity contribution in [3.8, 4) is 11.3 Å². The largest absolute Gasteiger partial charge is 0.428 e. The molecular weight excluding hydrogens is 224 g/mol. The number of anilines is 1. The standard InChI is InChI=1S/C12H13ClN2O/c1-7(2)11-10(15-12(14)16-11)8-3-5-9(13)6-4-8/h3-7H,1-2H3,(H2,14,15). The molecule has 2 rings (SSSR count). The summed E-state index contributed by atoms with van der Waals surface area (Å²) in [6.45, 7) is 4.08. The van der Waals surface area contributed by atoms with Crippen LogP contribution in [-0.4, -0.2) is 4.98 Å². The second-order valence-electron chi connectivity index (χ2n) is 3.93. The molecule has 1 aromatic heterocycles. The number of oxazole rings is 1. The second-order valence-corrected chi connectivity index (χ2v) is 4.36. The minimum Gasteiger partial charge on any atom is -0.428 e. The molecule has 2 N–H and O–H groups in total. The van der Waals surface area contributed by atoms with Gasteiger partial charge in [-0.1, -0.05) is 37.6 Å². The van der Waals surface area contributed by atoms with Crippen LogP contribution in [0.3, 0.4) is 0 Å². The van der Waals surface area contributed by atoms with Crippen LogP contribution in [-0.2, 0) is 0 Å². The van der Waals surface area contributed by atoms with Crippen LogP contribution in [0.25, 0.3) is 11.3 Å². The predicted octanol–water partition coefficient (Wildman–Crippen LogP) is 3.70. The fourth-order valence-corrected chi connectivity index (χ4v) is 1.68. The molecule has 16 heavy (non-hydrogen) atoms. The first-order valence-corrected chi connectivity index (χ1v) is 5.48. The molecule has 2 aromatic rings. The SMILES string of the molecule is CC(C)c1oc(N)nc1-c1ccc(Cl)cc1. The highest BCUT2D eigenvalue weighted by atomic mass is 35.5. The van der Waals surface area contributed by atoms with E-state index in [1.807, 2.05) is 38.1 Å². The lowest BCUT2D eigenvalue weighted by molar-refractivity contribution is 0.500. The number of nitrogens with two attached hydrogens (primary N) is 1. The number of benzene rings is 1. The molecule has 0 radical (unpaired) electrons. The lowest BCUT2D eigenvalue weighted by atomic mass is 10.0. The first-order chi connectivity index (χ1) is 7.58. The number of nitrogens with zero attached hydrogens (tertiary/aromatic N) is 1. The van der Waals surface area contributed by atoms with Crippen molar-refractivity contribution in [2.75, 3.05) is 5.73 Å². The number of nitrogen functional groups attached to an aromatic ring is 1. The van der Waals surface area contributed by atoms with E-state index < -0.39 is 0 Å². The normalized spacial score (nSPS) is 11.0. The molecule has 0 saturated carbocycles. The fraction of sp³-hybridized carbons (Fsp3) is 0.250. The van der Waals surface area contributed by atoms with Crippen LogP contribution >= 0.6 is 11.6 Å². The van der Waals surface area contributed by atoms with E-state index in [4.69, 9.17) is 21.8 Å². The molecule has 0 aliphatic rings. The van der Waals surface area contributed by atoms with Crippen molar-refractivity contribution >= 4 is 17.6 Å². The average molecular weight is 237 g/mol. The molecule has 84 valence electrons. The molecule has 0 fully saturated rings. The molecule has 4 heteroatoms. The summed E-state index contributed by atoms with van der Waals surface area (Å²) in [5, 5.41) is 0.700. The van der Waals surface area contributed by atoms with Gasteiger partial charge in [-0.15, -0.1) is 0 Å². The smallest absolute Gasteiger partial charge is 0.292 e. The summed E-state index contributed by atoms with van der Waals surface area (Å²) in [6, 6.07) is 7.67. The highest BCUT2D eigenvalue weighted by Crippen LogP contribution is 2.30. The van der Waals surface area contributed by atoms with Crippen molar-refractivity contribution in [3.63, 3.8) is 0 Å². The highest BCUT2D eigenvalue weighted by Gasteiger charge is 2.16. The van der Waals surface area contributed by atoms with Crippen molar-refractivity contribution in [2.45, 2.75) is 19.8 Å². The molecule has 0 spiro atoms. The number of hydrogen-bond donors (Lipinski definition) is 1. The topological polar surface area (TPSA) is 52.0 Å². The van der Waals surface area contributed by atoms with Gasteiger partial charge in [-0.2, -0.15) is 4.98 Å². The van der Waals surface area contributed by atoms with Crippen molar-refractivity contribution in [1.29, 1.82) is 0 Å². The van der Waals surface area contributed by atoms with Gasteiger partial charge < -0.3 is 10.2 Å². The van der Waals surface area contributed by atoms with Crippen LogP contribution < -0.4 is 5.73 Å². The maximum atomic E-state index is 5.84. The Morgan fingerprint density at radius 3 is 2.44 bits per heavy atom. The Bertz CT molecular complexity index is 488. The third kappa shape index (κ3) is 2.04. The minimum absolute atomic E-state index is 0.202. The molecular formula is C12H13ClN2O. The van der Waals surface area contributed by atoms with E-state index in [1.165, 1.54) is 0 Å². The van der Waals surface area contributed by atoms with Gasteiger partial charge in [-0.25, -0.2) is 0 Å². The van der Waals surface area contributed by atoms with Gasteiger partial charge in [-0.3, -0.25) is 0 Å². The van der Waals surface area contributed by atoms with Crippen LogP contribution in [0, 0.1) is 0 Å². The maximum absolute atomic E-state index is 5.84. The zero-order valence-electron chi connectivity index (χ0n) is 9.20. The van der Waals surface area contributed by atoms with E-state index in [0.29, 0.717) is 5.02 Å². The fourth-order valence-electron chi connectivity index (χ4n) is 1.55. The van der Waals surface area contributed by atoms with Gasteiger partial charge in [0.25, 0.3) is 6.01 Å². The van der Waals surface area contributed by atoms with Crippen LogP contribution in [0.5, 0.6) is 0 Å². The van der Waals surface area contributed by atoms with Crippen LogP contribution in [0.2, 0.25) is 5.02 Å². The summed E-state index contributed by atoms with van der Waals surface area (Å²) in [6.07, 6.45) is 0. The van der Waals surface area contributed by atoms with Crippen LogP contribution in [0.15, 0.2) is 28.7 Å². The zero-order chi connectivity index (χ0) is 11.7. The van der Waals surface area contributed by atoms with E-state index in [1.54, 1.807) is 0 Å². The number of halogens is 1. The molecule has 0 saturated heterocycles. The minimum atomic E-state index is 0.202. The summed E-state index contributed by atoms with van der Waals surface area (Å²) in [5.41, 5.74) is 7.34. The Kier molecular flexibility index (Phi) is 2.88. The van der Waals surface area contributed by atoms with Crippen LogP contribution in [0.4, 0.5) is 6.01 Å². The summed E-state index contributed by atoms with van der Waals surface area (Å²) in [4.78, 5) is 4.20. The quantitative estimate of drug-likeness (QED) is 0.865. The third-order valence-corrected chi connectivity index (χ3v) is 2.56. The molecule has 0 atom stereocenters. The Hall–Kier alpha value is -1.48. The molecule has 0 aliphatic heterocycles. The predicted molar refractivity (Wildman–Crippen MR) is 65.5 cm³/mol. The van der Waals surface area contributed by atoms with E-state index in [0.717, 1.165) is 17.0 Å². The van der Waals surface area contributed by atoms with Gasteiger partial charge in [0.05, 0.1) is 0 Å². The van der Waals surface area contributed by atoms with Gasteiger partial charge in [0.1, 0.15) is 11.5 Å². The third-order valence-electron chi connectivity index (χ3n) is 2.31. The zero-order valence-corrected chi connectivity index (χ0v) is 9.95. The van der Waals surface area contributed by atoms with E-state index >= 15 is 0 Å². The summed E-state index contributed by atoms with van der Waals surface area (Å²) in [5.74, 6) is 1.05. The van der Waals surface area contributed by atoms with E-state index in [2.05, 4.69) is 4.98 Å². The summed E-state index contributed by atoms with van der Waals surface area (Å²) >= 11 is 5.84. The molecule has 1 aromatic carbocycles. The van der Waals surface area contributed by atoms with Gasteiger partial charge >= 0.3 is 0 Å². The second kappa shape index (κ2) is 4.18. The van der Waals surface area contributed by atoms with Crippen molar-refractivity contribution < 1.29 is 4.42 Å². The number of hydrogen-bond acceptors (Lipinski definition) is 3. The van der Waals surface area contributed by atoms with Crippen molar-refractivity contribution in [1.82, 2.24) is 4.98 Å². The molecule has 0 unspecified atom stereocenters. The average Bonchev–Trinajstić information content (AvgIpc) is 2.61. The van der Waals surface area contributed by atoms with Crippen molar-refractivity contribution in [3.05, 3.63) is 35.0 Å². The molecule has 3 nitrogen and oxygen atoms in total. The van der Waals surface area contributed by atoms with Crippen LogP contribution in [0.1, 0.15) is 25.5 Å². The molecule has 0 aliphatic carbocycles. The van der Waals surface area contributed by atoms with Gasteiger partial charge in [-0.05, 0) is 12.1 Å². The number of aromatic nitrogens is 1.